The largest absolute Gasteiger partial charge is 0.313 e. The van der Waals surface area contributed by atoms with Crippen LogP contribution < -0.4 is 0 Å². The van der Waals surface area contributed by atoms with Gasteiger partial charge in [0, 0.05) is 33.2 Å². The minimum atomic E-state index is 0.667. The molecule has 7 aromatic carbocycles. The first-order valence-electron chi connectivity index (χ1n) is 19.2. The number of hydrogen-bond donors (Lipinski definition) is 0. The molecule has 9 aromatic rings. The van der Waals surface area contributed by atoms with Crippen molar-refractivity contribution in [2.24, 2.45) is 11.8 Å². The zero-order valence-corrected chi connectivity index (χ0v) is 29.9. The van der Waals surface area contributed by atoms with Gasteiger partial charge in [-0.25, -0.2) is 0 Å². The number of aromatic nitrogens is 2. The van der Waals surface area contributed by atoms with Gasteiger partial charge in [0.05, 0.1) is 16.6 Å². The van der Waals surface area contributed by atoms with E-state index in [1.54, 1.807) is 5.56 Å². The third kappa shape index (κ3) is 5.00. The second kappa shape index (κ2) is 12.0. The van der Waals surface area contributed by atoms with E-state index in [4.69, 9.17) is 0 Å². The number of benzene rings is 7. The second-order valence-electron chi connectivity index (χ2n) is 15.5. The molecule has 2 nitrogen and oxygen atoms in total. The first-order chi connectivity index (χ1) is 26.2. The number of hydrogen-bond acceptors (Lipinski definition) is 0. The molecule has 0 N–H and O–H groups in total. The van der Waals surface area contributed by atoms with Crippen molar-refractivity contribution in [3.8, 4) is 44.8 Å². The van der Waals surface area contributed by atoms with Gasteiger partial charge in [0.2, 0.25) is 0 Å². The number of para-hydroxylation sites is 1. The Bertz CT molecular complexity index is 2820. The molecule has 3 unspecified atom stereocenters. The van der Waals surface area contributed by atoms with Crippen LogP contribution in [0.5, 0.6) is 0 Å². The van der Waals surface area contributed by atoms with Crippen molar-refractivity contribution in [3.63, 3.8) is 0 Å². The van der Waals surface area contributed by atoms with Crippen LogP contribution in [0.1, 0.15) is 36.9 Å². The molecular formula is C51H40N2. The van der Waals surface area contributed by atoms with Crippen LogP contribution in [-0.4, -0.2) is 9.13 Å². The fraction of sp³-hybridized carbons (Fsp3) is 0.137. The molecule has 0 aliphatic heterocycles. The fourth-order valence-corrected chi connectivity index (χ4v) is 9.57. The lowest BCUT2D eigenvalue weighted by molar-refractivity contribution is 0.494. The van der Waals surface area contributed by atoms with Crippen molar-refractivity contribution in [2.45, 2.75) is 32.1 Å². The number of rotatable bonds is 5. The Kier molecular flexibility index (Phi) is 6.89. The summed E-state index contributed by atoms with van der Waals surface area (Å²) in [5.41, 5.74) is 16.9. The summed E-state index contributed by atoms with van der Waals surface area (Å²) >= 11 is 0. The third-order valence-electron chi connectivity index (χ3n) is 12.1. The van der Waals surface area contributed by atoms with Crippen molar-refractivity contribution in [3.05, 3.63) is 181 Å². The van der Waals surface area contributed by atoms with Gasteiger partial charge in [-0.1, -0.05) is 122 Å². The molecule has 2 heteroatoms. The summed E-state index contributed by atoms with van der Waals surface area (Å²) in [5.74, 6) is 2.16. The van der Waals surface area contributed by atoms with Crippen molar-refractivity contribution in [1.82, 2.24) is 9.13 Å². The molecule has 11 rings (SSSR count). The predicted octanol–water partition coefficient (Wildman–Crippen LogP) is 13.4. The summed E-state index contributed by atoms with van der Waals surface area (Å²) < 4.78 is 5.03. The van der Waals surface area contributed by atoms with E-state index >= 15 is 0 Å². The summed E-state index contributed by atoms with van der Waals surface area (Å²) in [6.07, 6.45) is 3.78. The first kappa shape index (κ1) is 30.5. The van der Waals surface area contributed by atoms with Crippen molar-refractivity contribution in [1.29, 1.82) is 0 Å². The SMILES string of the molecule is CC1Cc2c(c3cc(-c4ccc5c(c4)c4ccccc4n5-c4ccc(-c5ccccc5)cc4)ccc3n2-c2cccc(-c3ccccc3)c2)C2CC2C1. The Morgan fingerprint density at radius 3 is 1.74 bits per heavy atom. The van der Waals surface area contributed by atoms with Crippen LogP contribution in [0.3, 0.4) is 0 Å². The maximum atomic E-state index is 2.61. The Labute approximate surface area is 310 Å². The third-order valence-corrected chi connectivity index (χ3v) is 12.1. The summed E-state index contributed by atoms with van der Waals surface area (Å²) in [4.78, 5) is 0. The normalized spacial score (nSPS) is 17.9. The lowest BCUT2D eigenvalue weighted by atomic mass is 9.98. The van der Waals surface area contributed by atoms with E-state index in [0.29, 0.717) is 11.8 Å². The molecule has 53 heavy (non-hydrogen) atoms. The van der Waals surface area contributed by atoms with Crippen molar-refractivity contribution < 1.29 is 0 Å². The Morgan fingerprint density at radius 2 is 0.981 bits per heavy atom. The minimum Gasteiger partial charge on any atom is -0.313 e. The van der Waals surface area contributed by atoms with Crippen LogP contribution in [0.4, 0.5) is 0 Å². The summed E-state index contributed by atoms with van der Waals surface area (Å²) in [5, 5.41) is 4.01. The summed E-state index contributed by atoms with van der Waals surface area (Å²) in [6, 6.07) is 62.8. The van der Waals surface area contributed by atoms with E-state index in [2.05, 4.69) is 186 Å². The molecule has 254 valence electrons. The quantitative estimate of drug-likeness (QED) is 0.171. The number of nitrogens with zero attached hydrogens (tertiary/aromatic N) is 2. The molecule has 0 spiro atoms. The molecule has 0 amide bonds. The molecule has 0 radical (unpaired) electrons. The Hall–Kier alpha value is -6.12. The first-order valence-corrected chi connectivity index (χ1v) is 19.2. The van der Waals surface area contributed by atoms with Crippen LogP contribution in [0.15, 0.2) is 170 Å². The van der Waals surface area contributed by atoms with E-state index in [1.165, 1.54) is 96.0 Å². The van der Waals surface area contributed by atoms with Gasteiger partial charge in [-0.2, -0.15) is 0 Å². The van der Waals surface area contributed by atoms with E-state index in [1.807, 2.05) is 0 Å². The standard InChI is InChI=1S/C51H40N2/c1-33-27-40-32-44(40)51-46-31-39(22-26-49(46)53(50(51)28-33)42-16-10-15-37(29-42)35-13-6-3-7-14-35)38-21-25-48-45(30-38)43-17-8-9-18-47(43)52(48)41-23-19-36(20-24-41)34-11-4-2-5-12-34/h2-26,29-31,33,40,44H,27-28,32H2,1H3. The highest BCUT2D eigenvalue weighted by atomic mass is 15.0. The molecule has 0 saturated heterocycles. The van der Waals surface area contributed by atoms with Crippen LogP contribution in [0, 0.1) is 11.8 Å². The molecule has 1 fully saturated rings. The molecule has 2 heterocycles. The second-order valence-corrected chi connectivity index (χ2v) is 15.5. The Balaban J connectivity index is 1.05. The van der Waals surface area contributed by atoms with Crippen LogP contribution in [0.25, 0.3) is 77.5 Å². The smallest absolute Gasteiger partial charge is 0.0541 e. The molecule has 1 saturated carbocycles. The van der Waals surface area contributed by atoms with Crippen LogP contribution >= 0.6 is 0 Å². The van der Waals surface area contributed by atoms with Gasteiger partial charge in [0.25, 0.3) is 0 Å². The molecule has 3 atom stereocenters. The molecule has 2 aromatic heterocycles. The number of fused-ring (bicyclic) bond motifs is 8. The van der Waals surface area contributed by atoms with Crippen LogP contribution in [0.2, 0.25) is 0 Å². The molecule has 2 aliphatic carbocycles. The van der Waals surface area contributed by atoms with Gasteiger partial charge in [0.15, 0.2) is 0 Å². The highest BCUT2D eigenvalue weighted by Crippen LogP contribution is 2.57. The average Bonchev–Trinajstić information content (AvgIpc) is 3.81. The van der Waals surface area contributed by atoms with Crippen molar-refractivity contribution in [2.75, 3.05) is 0 Å². The summed E-state index contributed by atoms with van der Waals surface area (Å²) in [7, 11) is 0. The maximum Gasteiger partial charge on any atom is 0.0541 e. The topological polar surface area (TPSA) is 9.86 Å². The van der Waals surface area contributed by atoms with E-state index in [9.17, 15) is 0 Å². The fourth-order valence-electron chi connectivity index (χ4n) is 9.57. The Morgan fingerprint density at radius 1 is 0.415 bits per heavy atom. The van der Waals surface area contributed by atoms with Gasteiger partial charge >= 0.3 is 0 Å². The zero-order valence-electron chi connectivity index (χ0n) is 29.9. The zero-order chi connectivity index (χ0) is 35.0. The molecule has 2 aliphatic rings. The summed E-state index contributed by atoms with van der Waals surface area (Å²) in [6.45, 7) is 2.46. The lowest BCUT2D eigenvalue weighted by Gasteiger charge is -2.16. The maximum absolute atomic E-state index is 2.61. The van der Waals surface area contributed by atoms with Gasteiger partial charge in [-0.3, -0.25) is 0 Å². The molecule has 0 bridgehead atoms. The average molecular weight is 681 g/mol. The highest BCUT2D eigenvalue weighted by Gasteiger charge is 2.45. The van der Waals surface area contributed by atoms with E-state index in [-0.39, 0.29) is 0 Å². The monoisotopic (exact) mass is 680 g/mol. The molecular weight excluding hydrogens is 641 g/mol. The van der Waals surface area contributed by atoms with Gasteiger partial charge < -0.3 is 9.13 Å². The lowest BCUT2D eigenvalue weighted by Crippen LogP contribution is -2.06. The predicted molar refractivity (Wildman–Crippen MR) is 222 cm³/mol. The van der Waals surface area contributed by atoms with E-state index in [0.717, 1.165) is 12.3 Å². The van der Waals surface area contributed by atoms with E-state index < -0.39 is 0 Å². The van der Waals surface area contributed by atoms with Gasteiger partial charge in [-0.15, -0.1) is 0 Å². The van der Waals surface area contributed by atoms with Gasteiger partial charge in [-0.05, 0) is 131 Å². The highest BCUT2D eigenvalue weighted by molar-refractivity contribution is 6.10. The minimum absolute atomic E-state index is 0.667. The van der Waals surface area contributed by atoms with Crippen molar-refractivity contribution >= 4 is 32.7 Å². The van der Waals surface area contributed by atoms with Gasteiger partial charge in [0.1, 0.15) is 0 Å². The van der Waals surface area contributed by atoms with Crippen LogP contribution in [-0.2, 0) is 6.42 Å².